The molecule has 0 aliphatic carbocycles. The van der Waals surface area contributed by atoms with Crippen LogP contribution in [0.25, 0.3) is 0 Å². The van der Waals surface area contributed by atoms with E-state index in [0.717, 1.165) is 38.5 Å². The molecule has 0 aliphatic heterocycles. The minimum Gasteiger partial charge on any atom is -0.394 e. The van der Waals surface area contributed by atoms with E-state index < -0.39 is 12.1 Å². The standard InChI is InChI=1S/C71H137NO3/c1-3-5-7-9-11-13-15-17-19-21-23-25-27-29-31-33-34-35-36-37-38-39-41-43-45-47-49-51-53-55-57-59-61-63-65-67-71(75)72-69(68-73)70(74)66-64-62-60-58-56-54-52-50-48-46-44-42-40-32-30-28-26-24-22-20-18-16-14-12-10-8-6-4-2/h15,17,21,23,27,29,69-70,73-74H,3-14,16,18-20,22,24-26,28,30-68H2,1-2H3,(H,72,75)/b17-15-,23-21-,29-27-. The number of carbonyl (C=O) groups excluding carboxylic acids is 1. The number of nitrogens with one attached hydrogen (secondary N) is 1. The predicted molar refractivity (Wildman–Crippen MR) is 336 cm³/mol. The van der Waals surface area contributed by atoms with Crippen molar-refractivity contribution in [1.29, 1.82) is 0 Å². The van der Waals surface area contributed by atoms with Crippen LogP contribution < -0.4 is 5.32 Å². The Morgan fingerprint density at radius 3 is 0.813 bits per heavy atom. The third-order valence-electron chi connectivity index (χ3n) is 16.4. The largest absolute Gasteiger partial charge is 0.394 e. The highest BCUT2D eigenvalue weighted by molar-refractivity contribution is 5.76. The first-order valence-corrected chi connectivity index (χ1v) is 34.7. The van der Waals surface area contributed by atoms with Gasteiger partial charge >= 0.3 is 0 Å². The van der Waals surface area contributed by atoms with Crippen LogP contribution in [0.15, 0.2) is 36.5 Å². The number of hydrogen-bond donors (Lipinski definition) is 3. The molecule has 0 rings (SSSR count). The summed E-state index contributed by atoms with van der Waals surface area (Å²) >= 11 is 0. The Morgan fingerprint density at radius 2 is 0.547 bits per heavy atom. The normalized spacial score (nSPS) is 12.9. The summed E-state index contributed by atoms with van der Waals surface area (Å²) in [5.74, 6) is -0.0230. The van der Waals surface area contributed by atoms with Crippen molar-refractivity contribution in [2.75, 3.05) is 6.61 Å². The van der Waals surface area contributed by atoms with E-state index in [-0.39, 0.29) is 12.5 Å². The van der Waals surface area contributed by atoms with Gasteiger partial charge in [-0.15, -0.1) is 0 Å². The Hall–Kier alpha value is -1.39. The van der Waals surface area contributed by atoms with E-state index in [4.69, 9.17) is 0 Å². The number of unbranched alkanes of at least 4 members (excludes halogenated alkanes) is 52. The molecule has 0 aliphatic rings. The molecular weight excluding hydrogens is 915 g/mol. The van der Waals surface area contributed by atoms with Crippen LogP contribution in [-0.4, -0.2) is 34.9 Å². The van der Waals surface area contributed by atoms with Gasteiger partial charge in [0.05, 0.1) is 18.8 Å². The summed E-state index contributed by atoms with van der Waals surface area (Å²) in [5.41, 5.74) is 0. The minimum absolute atomic E-state index is 0.0230. The Balaban J connectivity index is 3.39. The molecule has 3 N–H and O–H groups in total. The summed E-state index contributed by atoms with van der Waals surface area (Å²) in [4.78, 5) is 12.6. The quantitative estimate of drug-likeness (QED) is 0.0420. The minimum atomic E-state index is -0.660. The smallest absolute Gasteiger partial charge is 0.220 e. The number of hydrogen-bond acceptors (Lipinski definition) is 3. The molecular formula is C71H137NO3. The topological polar surface area (TPSA) is 69.6 Å². The van der Waals surface area contributed by atoms with Gasteiger partial charge in [-0.1, -0.05) is 371 Å². The fourth-order valence-electron chi connectivity index (χ4n) is 11.1. The van der Waals surface area contributed by atoms with Crippen LogP contribution >= 0.6 is 0 Å². The number of carbonyl (C=O) groups is 1. The molecule has 0 fully saturated rings. The highest BCUT2D eigenvalue weighted by Gasteiger charge is 2.20. The molecule has 4 nitrogen and oxygen atoms in total. The second-order valence-corrected chi connectivity index (χ2v) is 24.0. The SMILES string of the molecule is CCCCCCC/C=C\C/C=C\C/C=C\CCCCCCCCCCCCCCCCCCCCCCC(=O)NC(CO)C(O)CCCCCCCCCCCCCCCCCCCCCCCCCCCCCC. The molecule has 0 aromatic heterocycles. The van der Waals surface area contributed by atoms with Gasteiger partial charge in [-0.05, 0) is 51.4 Å². The number of rotatable bonds is 65. The van der Waals surface area contributed by atoms with Crippen LogP contribution in [-0.2, 0) is 4.79 Å². The Morgan fingerprint density at radius 1 is 0.320 bits per heavy atom. The molecule has 444 valence electrons. The van der Waals surface area contributed by atoms with Crippen LogP contribution in [0.5, 0.6) is 0 Å². The van der Waals surface area contributed by atoms with Gasteiger partial charge in [0.1, 0.15) is 0 Å². The van der Waals surface area contributed by atoms with Crippen LogP contribution in [0.4, 0.5) is 0 Å². The third kappa shape index (κ3) is 63.3. The van der Waals surface area contributed by atoms with Crippen molar-refractivity contribution in [1.82, 2.24) is 5.32 Å². The van der Waals surface area contributed by atoms with Crippen molar-refractivity contribution in [2.24, 2.45) is 0 Å². The molecule has 2 atom stereocenters. The summed E-state index contributed by atoms with van der Waals surface area (Å²) in [6.07, 6.45) is 92.0. The lowest BCUT2D eigenvalue weighted by atomic mass is 10.0. The molecule has 0 heterocycles. The predicted octanol–water partition coefficient (Wildman–Crippen LogP) is 23.5. The van der Waals surface area contributed by atoms with Crippen molar-refractivity contribution in [3.63, 3.8) is 0 Å². The van der Waals surface area contributed by atoms with Gasteiger partial charge in [0.2, 0.25) is 5.91 Å². The third-order valence-corrected chi connectivity index (χ3v) is 16.4. The summed E-state index contributed by atoms with van der Waals surface area (Å²) in [7, 11) is 0. The second kappa shape index (κ2) is 66.9. The molecule has 0 saturated heterocycles. The van der Waals surface area contributed by atoms with Gasteiger partial charge < -0.3 is 15.5 Å². The van der Waals surface area contributed by atoms with Crippen molar-refractivity contribution in [2.45, 2.75) is 405 Å². The number of allylic oxidation sites excluding steroid dienone is 6. The Kier molecular flexibility index (Phi) is 65.6. The van der Waals surface area contributed by atoms with E-state index in [1.165, 1.54) is 327 Å². The molecule has 0 radical (unpaired) electrons. The van der Waals surface area contributed by atoms with Crippen LogP contribution in [0, 0.1) is 0 Å². The fourth-order valence-corrected chi connectivity index (χ4v) is 11.1. The Labute approximate surface area is 472 Å². The molecule has 0 bridgehead atoms. The molecule has 0 spiro atoms. The van der Waals surface area contributed by atoms with Gasteiger partial charge in [-0.2, -0.15) is 0 Å². The molecule has 0 aromatic rings. The van der Waals surface area contributed by atoms with E-state index in [9.17, 15) is 15.0 Å². The lowest BCUT2D eigenvalue weighted by Crippen LogP contribution is -2.45. The van der Waals surface area contributed by atoms with Crippen LogP contribution in [0.1, 0.15) is 393 Å². The summed E-state index contributed by atoms with van der Waals surface area (Å²) in [6, 6.07) is -0.536. The van der Waals surface area contributed by atoms with Crippen LogP contribution in [0.2, 0.25) is 0 Å². The first-order chi connectivity index (χ1) is 37.2. The van der Waals surface area contributed by atoms with Gasteiger partial charge in [-0.25, -0.2) is 0 Å². The van der Waals surface area contributed by atoms with E-state index in [0.29, 0.717) is 12.8 Å². The second-order valence-electron chi connectivity index (χ2n) is 24.0. The number of aliphatic hydroxyl groups is 2. The van der Waals surface area contributed by atoms with E-state index in [1.54, 1.807) is 0 Å². The molecule has 1 amide bonds. The van der Waals surface area contributed by atoms with Crippen molar-refractivity contribution >= 4 is 5.91 Å². The van der Waals surface area contributed by atoms with Crippen molar-refractivity contribution in [3.8, 4) is 0 Å². The maximum absolute atomic E-state index is 12.6. The highest BCUT2D eigenvalue weighted by atomic mass is 16.3. The molecule has 75 heavy (non-hydrogen) atoms. The van der Waals surface area contributed by atoms with Gasteiger partial charge in [-0.3, -0.25) is 4.79 Å². The summed E-state index contributed by atoms with van der Waals surface area (Å²) in [5, 5.41) is 23.5. The monoisotopic (exact) mass is 1050 g/mol. The first kappa shape index (κ1) is 73.6. The summed E-state index contributed by atoms with van der Waals surface area (Å²) < 4.78 is 0. The zero-order valence-corrected chi connectivity index (χ0v) is 51.3. The first-order valence-electron chi connectivity index (χ1n) is 34.7. The zero-order chi connectivity index (χ0) is 54.1. The van der Waals surface area contributed by atoms with E-state index >= 15 is 0 Å². The molecule has 4 heteroatoms. The Bertz CT molecular complexity index is 1150. The van der Waals surface area contributed by atoms with Gasteiger partial charge in [0, 0.05) is 6.42 Å². The molecule has 0 saturated carbocycles. The highest BCUT2D eigenvalue weighted by Crippen LogP contribution is 2.19. The maximum atomic E-state index is 12.6. The van der Waals surface area contributed by atoms with E-state index in [2.05, 4.69) is 55.6 Å². The number of aliphatic hydroxyl groups excluding tert-OH is 2. The average Bonchev–Trinajstić information content (AvgIpc) is 3.41. The van der Waals surface area contributed by atoms with Crippen LogP contribution in [0.3, 0.4) is 0 Å². The number of amides is 1. The van der Waals surface area contributed by atoms with Crippen molar-refractivity contribution in [3.05, 3.63) is 36.5 Å². The van der Waals surface area contributed by atoms with Gasteiger partial charge in [0.25, 0.3) is 0 Å². The van der Waals surface area contributed by atoms with Gasteiger partial charge in [0.15, 0.2) is 0 Å². The fraction of sp³-hybridized carbons (Fsp3) is 0.901. The zero-order valence-electron chi connectivity index (χ0n) is 51.3. The lowest BCUT2D eigenvalue weighted by molar-refractivity contribution is -0.123. The van der Waals surface area contributed by atoms with Crippen molar-refractivity contribution < 1.29 is 15.0 Å². The molecule has 0 aromatic carbocycles. The lowest BCUT2D eigenvalue weighted by Gasteiger charge is -2.22. The average molecular weight is 1050 g/mol. The maximum Gasteiger partial charge on any atom is 0.220 e. The molecule has 2 unspecified atom stereocenters. The van der Waals surface area contributed by atoms with E-state index in [1.807, 2.05) is 0 Å². The summed E-state index contributed by atoms with van der Waals surface area (Å²) in [6.45, 7) is 4.39.